The van der Waals surface area contributed by atoms with E-state index in [1.807, 2.05) is 6.20 Å². The van der Waals surface area contributed by atoms with Gasteiger partial charge in [0.25, 0.3) is 0 Å². The maximum Gasteiger partial charge on any atom is 0.223 e. The fourth-order valence-corrected chi connectivity index (χ4v) is 6.47. The number of piperidine rings is 1. The van der Waals surface area contributed by atoms with Gasteiger partial charge in [0.2, 0.25) is 5.91 Å². The average Bonchev–Trinajstić information content (AvgIpc) is 3.04. The van der Waals surface area contributed by atoms with Gasteiger partial charge in [-0.1, -0.05) is 12.5 Å². The Morgan fingerprint density at radius 1 is 1.11 bits per heavy atom. The molecule has 0 aromatic heterocycles. The van der Waals surface area contributed by atoms with E-state index in [-0.39, 0.29) is 30.5 Å². The number of rotatable bonds is 16. The van der Waals surface area contributed by atoms with Gasteiger partial charge >= 0.3 is 0 Å². The maximum absolute atomic E-state index is 14.9. The monoisotopic (exact) mass is 654 g/mol. The van der Waals surface area contributed by atoms with Crippen LogP contribution in [0.1, 0.15) is 58.3 Å². The molecule has 0 spiro atoms. The van der Waals surface area contributed by atoms with Gasteiger partial charge in [0, 0.05) is 70.3 Å². The number of likely N-dealkylation sites (tertiary alicyclic amines) is 2. The average molecular weight is 655 g/mol. The van der Waals surface area contributed by atoms with Crippen molar-refractivity contribution in [3.8, 4) is 0 Å². The molecule has 13 heteroatoms. The lowest BCUT2D eigenvalue weighted by molar-refractivity contribution is -0.138. The van der Waals surface area contributed by atoms with Crippen LogP contribution in [-0.2, 0) is 9.53 Å². The first-order valence-corrected chi connectivity index (χ1v) is 16.8. The lowest BCUT2D eigenvalue weighted by atomic mass is 9.91. The number of alkyl halides is 1. The second-order valence-corrected chi connectivity index (χ2v) is 13.1. The number of halogens is 2. The van der Waals surface area contributed by atoms with Crippen molar-refractivity contribution < 1.29 is 43.8 Å². The van der Waals surface area contributed by atoms with Crippen molar-refractivity contribution in [1.29, 1.82) is 0 Å². The highest BCUT2D eigenvalue weighted by atomic mass is 19.1. The van der Waals surface area contributed by atoms with Crippen LogP contribution >= 0.6 is 0 Å². The van der Waals surface area contributed by atoms with Crippen molar-refractivity contribution in [2.24, 2.45) is 22.7 Å². The fourth-order valence-electron chi connectivity index (χ4n) is 6.47. The van der Waals surface area contributed by atoms with Gasteiger partial charge in [0.15, 0.2) is 0 Å². The lowest BCUT2D eigenvalue weighted by Gasteiger charge is -2.40. The summed E-state index contributed by atoms with van der Waals surface area (Å²) in [7, 11) is 0. The lowest BCUT2D eigenvalue weighted by Crippen LogP contribution is -2.55. The molecule has 3 aliphatic heterocycles. The standard InChI is InChI=1S/C33H52F2N4O7/c1-2-21-5-6-30(37-16-21)38-9-7-22(8-10-38)4-3-11-46-24-12-26(34)25(27(35)13-24)14-31(43)39-18-23(19-39)15-36-17-28(41)32(44)33(45)29(42)20-40/h12-13,16,22-23,25-26,28-29,32-33,36,40-42,44-45H,2-11,14-15,17-20H2,1H3/t25?,26?,28-,29+,32+,33+/m0/s1. The van der Waals surface area contributed by atoms with Crippen molar-refractivity contribution in [2.75, 3.05) is 52.5 Å². The molecule has 6 N–H and O–H groups in total. The predicted octanol–water partition coefficient (Wildman–Crippen LogP) is 1.56. The van der Waals surface area contributed by atoms with Crippen LogP contribution < -0.4 is 5.32 Å². The number of ether oxygens (including phenoxy) is 1. The normalized spacial score (nSPS) is 25.5. The van der Waals surface area contributed by atoms with E-state index in [1.54, 1.807) is 0 Å². The minimum absolute atomic E-state index is 0.0550. The number of allylic oxidation sites excluding steroid dienone is 4. The zero-order chi connectivity index (χ0) is 33.2. The van der Waals surface area contributed by atoms with Crippen LogP contribution in [0.2, 0.25) is 0 Å². The second-order valence-electron chi connectivity index (χ2n) is 13.1. The SMILES string of the molecule is CCC1=CN=C(N2CCC(CCCOC3=CC(F)C(CC(=O)N4CC(CNC[C@H](O)[C@@H](O)[C@H](O)[C@H](O)CO)C4)C(F)=C3)CC2)CC1. The van der Waals surface area contributed by atoms with Crippen LogP contribution in [0, 0.1) is 17.8 Å². The number of amides is 1. The summed E-state index contributed by atoms with van der Waals surface area (Å²) in [6.45, 7) is 4.93. The number of aliphatic hydroxyl groups is 5. The maximum atomic E-state index is 14.9. The van der Waals surface area contributed by atoms with Gasteiger partial charge in [-0.25, -0.2) is 13.8 Å². The van der Waals surface area contributed by atoms with E-state index in [4.69, 9.17) is 9.84 Å². The van der Waals surface area contributed by atoms with Gasteiger partial charge in [-0.3, -0.25) is 4.79 Å². The number of nitrogens with one attached hydrogen (secondary N) is 1. The summed E-state index contributed by atoms with van der Waals surface area (Å²) in [5, 5.41) is 50.7. The highest BCUT2D eigenvalue weighted by Crippen LogP contribution is 2.33. The Morgan fingerprint density at radius 3 is 2.46 bits per heavy atom. The van der Waals surface area contributed by atoms with Crippen LogP contribution in [0.5, 0.6) is 0 Å². The summed E-state index contributed by atoms with van der Waals surface area (Å²) < 4.78 is 35.5. The molecule has 0 radical (unpaired) electrons. The van der Waals surface area contributed by atoms with Crippen LogP contribution in [0.3, 0.4) is 0 Å². The van der Waals surface area contributed by atoms with E-state index in [0.717, 1.165) is 58.0 Å². The van der Waals surface area contributed by atoms with Crippen LogP contribution in [-0.4, -0.2) is 130 Å². The third kappa shape index (κ3) is 10.0. The summed E-state index contributed by atoms with van der Waals surface area (Å²) in [5.41, 5.74) is 1.41. The molecule has 1 aliphatic carbocycles. The quantitative estimate of drug-likeness (QED) is 0.136. The Balaban J connectivity index is 1.08. The number of aliphatic imine (C=N–C) groups is 1. The number of aliphatic hydroxyl groups excluding tert-OH is 5. The Morgan fingerprint density at radius 2 is 1.83 bits per heavy atom. The molecule has 0 bridgehead atoms. The molecule has 1 amide bonds. The highest BCUT2D eigenvalue weighted by molar-refractivity contribution is 5.84. The van der Waals surface area contributed by atoms with Crippen molar-refractivity contribution in [1.82, 2.24) is 15.1 Å². The molecule has 4 aliphatic rings. The predicted molar refractivity (Wildman–Crippen MR) is 169 cm³/mol. The minimum atomic E-state index is -1.70. The number of hydrogen-bond donors (Lipinski definition) is 6. The fraction of sp³-hybridized carbons (Fsp3) is 0.758. The van der Waals surface area contributed by atoms with Crippen molar-refractivity contribution in [3.63, 3.8) is 0 Å². The second kappa shape index (κ2) is 17.7. The van der Waals surface area contributed by atoms with E-state index in [2.05, 4.69) is 22.1 Å². The zero-order valence-corrected chi connectivity index (χ0v) is 26.8. The van der Waals surface area contributed by atoms with E-state index >= 15 is 0 Å². The van der Waals surface area contributed by atoms with Gasteiger partial charge in [0.1, 0.15) is 41.9 Å². The number of carbonyl (C=O) groups excluding carboxylic acids is 1. The molecule has 11 nitrogen and oxygen atoms in total. The molecule has 260 valence electrons. The molecule has 4 rings (SSSR count). The summed E-state index contributed by atoms with van der Waals surface area (Å²) in [6, 6.07) is 0. The number of hydrogen-bond acceptors (Lipinski definition) is 10. The van der Waals surface area contributed by atoms with Crippen molar-refractivity contribution in [2.45, 2.75) is 88.9 Å². The Labute approximate surface area is 270 Å². The molecule has 2 unspecified atom stereocenters. The van der Waals surface area contributed by atoms with E-state index in [1.165, 1.54) is 28.5 Å². The zero-order valence-electron chi connectivity index (χ0n) is 26.8. The summed E-state index contributed by atoms with van der Waals surface area (Å²) in [5.74, 6) is -0.198. The third-order valence-electron chi connectivity index (χ3n) is 9.68. The summed E-state index contributed by atoms with van der Waals surface area (Å²) in [4.78, 5) is 21.3. The van der Waals surface area contributed by atoms with Gasteiger partial charge < -0.3 is 45.4 Å². The number of amidine groups is 1. The van der Waals surface area contributed by atoms with Crippen molar-refractivity contribution in [3.05, 3.63) is 35.5 Å². The molecular weight excluding hydrogens is 602 g/mol. The largest absolute Gasteiger partial charge is 0.494 e. The molecule has 2 saturated heterocycles. The number of carbonyl (C=O) groups is 1. The van der Waals surface area contributed by atoms with E-state index in [9.17, 15) is 34.0 Å². The van der Waals surface area contributed by atoms with Gasteiger partial charge in [-0.05, 0) is 50.5 Å². The Kier molecular flexibility index (Phi) is 14.0. The first kappa shape index (κ1) is 36.4. The van der Waals surface area contributed by atoms with Crippen LogP contribution in [0.25, 0.3) is 0 Å². The first-order chi connectivity index (χ1) is 22.1. The topological polar surface area (TPSA) is 158 Å². The molecule has 2 fully saturated rings. The van der Waals surface area contributed by atoms with Crippen LogP contribution in [0.15, 0.2) is 40.5 Å². The Bertz CT molecular complexity index is 1120. The molecule has 0 aromatic carbocycles. The highest BCUT2D eigenvalue weighted by Gasteiger charge is 2.36. The van der Waals surface area contributed by atoms with E-state index in [0.29, 0.717) is 32.2 Å². The van der Waals surface area contributed by atoms with E-state index < -0.39 is 48.9 Å². The smallest absolute Gasteiger partial charge is 0.223 e. The molecular formula is C33H52F2N4O7. The number of nitrogens with zero attached hydrogens (tertiary/aromatic N) is 3. The van der Waals surface area contributed by atoms with Gasteiger partial charge in [-0.15, -0.1) is 0 Å². The molecule has 46 heavy (non-hydrogen) atoms. The first-order valence-electron chi connectivity index (χ1n) is 16.8. The minimum Gasteiger partial charge on any atom is -0.494 e. The molecule has 3 heterocycles. The van der Waals surface area contributed by atoms with Crippen LogP contribution in [0.4, 0.5) is 8.78 Å². The molecule has 6 atom stereocenters. The van der Waals surface area contributed by atoms with Crippen molar-refractivity contribution >= 4 is 11.7 Å². The summed E-state index contributed by atoms with van der Waals surface area (Å²) in [6.07, 6.45) is 3.42. The van der Waals surface area contributed by atoms with Gasteiger partial charge in [0.05, 0.1) is 25.2 Å². The molecule has 0 saturated carbocycles. The van der Waals surface area contributed by atoms with Gasteiger partial charge in [-0.2, -0.15) is 0 Å². The summed E-state index contributed by atoms with van der Waals surface area (Å²) >= 11 is 0. The molecule has 0 aromatic rings. The third-order valence-corrected chi connectivity index (χ3v) is 9.68. The Hall–Kier alpha value is -2.42.